The first-order chi connectivity index (χ1) is 18.5. The molecule has 0 aliphatic heterocycles. The molecule has 0 aliphatic carbocycles. The van der Waals surface area contributed by atoms with Crippen LogP contribution in [0.5, 0.6) is 0 Å². The molecule has 3 heterocycles. The number of carbonyl (C=O) groups is 1. The Kier molecular flexibility index (Phi) is 7.60. The van der Waals surface area contributed by atoms with Crippen LogP contribution in [-0.2, 0) is 17.5 Å². The van der Waals surface area contributed by atoms with Crippen LogP contribution < -0.4 is 5.56 Å². The zero-order valence-corrected chi connectivity index (χ0v) is 20.9. The molecule has 7 nitrogen and oxygen atoms in total. The molecule has 0 fully saturated rings. The Morgan fingerprint density at radius 3 is 2.54 bits per heavy atom. The number of carbonyl (C=O) groups excluding carboxylic acids is 1. The molecule has 0 spiro atoms. The van der Waals surface area contributed by atoms with Crippen molar-refractivity contribution in [1.82, 2.24) is 9.55 Å². The summed E-state index contributed by atoms with van der Waals surface area (Å²) in [5.41, 5.74) is -3.88. The number of aromatic nitrogens is 2. The van der Waals surface area contributed by atoms with Gasteiger partial charge in [-0.15, -0.1) is 11.8 Å². The summed E-state index contributed by atoms with van der Waals surface area (Å²) >= 11 is 1.20. The maximum Gasteiger partial charge on any atom is 0.417 e. The number of hydrogen-bond acceptors (Lipinski definition) is 7. The van der Waals surface area contributed by atoms with E-state index in [2.05, 4.69) is 4.98 Å². The average molecular weight is 561 g/mol. The first-order valence-corrected chi connectivity index (χ1v) is 12.1. The van der Waals surface area contributed by atoms with E-state index in [1.807, 2.05) is 0 Å². The van der Waals surface area contributed by atoms with Gasteiger partial charge in [0.15, 0.2) is 5.76 Å². The summed E-state index contributed by atoms with van der Waals surface area (Å²) in [5, 5.41) is 9.72. The predicted molar refractivity (Wildman–Crippen MR) is 130 cm³/mol. The van der Waals surface area contributed by atoms with Gasteiger partial charge in [0.05, 0.1) is 36.7 Å². The minimum Gasteiger partial charge on any atom is -0.465 e. The van der Waals surface area contributed by atoms with E-state index in [1.165, 1.54) is 49.5 Å². The lowest BCUT2D eigenvalue weighted by atomic mass is 10.1. The molecule has 0 saturated carbocycles. The number of pyridine rings is 2. The largest absolute Gasteiger partial charge is 0.465 e. The van der Waals surface area contributed by atoms with Crippen molar-refractivity contribution >= 4 is 17.7 Å². The Labute approximate surface area is 221 Å². The number of ether oxygens (including phenoxy) is 1. The molecule has 4 rings (SSSR count). The fourth-order valence-electron chi connectivity index (χ4n) is 3.81. The summed E-state index contributed by atoms with van der Waals surface area (Å²) in [7, 11) is 1.20. The minimum atomic E-state index is -5.07. The highest BCUT2D eigenvalue weighted by atomic mass is 32.2. The number of nitrogens with zero attached hydrogens (tertiary/aromatic N) is 3. The van der Waals surface area contributed by atoms with Crippen molar-refractivity contribution in [3.05, 3.63) is 93.1 Å². The Bertz CT molecular complexity index is 1690. The van der Waals surface area contributed by atoms with Crippen molar-refractivity contribution in [2.75, 3.05) is 13.4 Å². The van der Waals surface area contributed by atoms with Crippen molar-refractivity contribution in [2.24, 2.45) is 0 Å². The smallest absolute Gasteiger partial charge is 0.417 e. The topological polar surface area (TPSA) is 98.1 Å². The van der Waals surface area contributed by atoms with Gasteiger partial charge in [-0.05, 0) is 30.5 Å². The van der Waals surface area contributed by atoms with Gasteiger partial charge in [-0.3, -0.25) is 9.36 Å². The molecule has 1 aromatic carbocycles. The van der Waals surface area contributed by atoms with Crippen molar-refractivity contribution in [1.29, 1.82) is 5.26 Å². The Morgan fingerprint density at radius 2 is 1.92 bits per heavy atom. The molecule has 0 unspecified atom stereocenters. The molecule has 39 heavy (non-hydrogen) atoms. The van der Waals surface area contributed by atoms with Crippen LogP contribution in [0.2, 0.25) is 0 Å². The Hall–Kier alpha value is -4.44. The zero-order valence-electron chi connectivity index (χ0n) is 20.1. The van der Waals surface area contributed by atoms with Crippen LogP contribution in [0, 0.1) is 23.0 Å². The molecule has 0 amide bonds. The molecule has 0 atom stereocenters. The van der Waals surface area contributed by atoms with E-state index in [-0.39, 0.29) is 16.9 Å². The number of rotatable bonds is 6. The number of alkyl halides is 3. The maximum absolute atomic E-state index is 14.4. The van der Waals surface area contributed by atoms with Gasteiger partial charge in [0.25, 0.3) is 5.56 Å². The van der Waals surface area contributed by atoms with Crippen molar-refractivity contribution in [2.45, 2.75) is 17.7 Å². The van der Waals surface area contributed by atoms with E-state index in [0.29, 0.717) is 28.3 Å². The molecule has 0 saturated heterocycles. The van der Waals surface area contributed by atoms with Crippen LogP contribution in [0.4, 0.5) is 22.0 Å². The Balaban J connectivity index is 1.91. The van der Waals surface area contributed by atoms with Gasteiger partial charge in [0.2, 0.25) is 0 Å². The summed E-state index contributed by atoms with van der Waals surface area (Å²) in [6.45, 7) is -0.625. The number of methoxy groups -OCH3 is 1. The molecule has 200 valence electrons. The lowest BCUT2D eigenvalue weighted by molar-refractivity contribution is -0.137. The lowest BCUT2D eigenvalue weighted by Crippen LogP contribution is -2.29. The molecule has 0 aliphatic rings. The van der Waals surface area contributed by atoms with E-state index in [1.54, 1.807) is 6.26 Å². The summed E-state index contributed by atoms with van der Waals surface area (Å²) in [5.74, 6) is -2.82. The molecular weight excluding hydrogens is 545 g/mol. The van der Waals surface area contributed by atoms with Crippen LogP contribution >= 0.6 is 11.8 Å². The number of furan rings is 1. The first kappa shape index (κ1) is 27.6. The molecule has 0 bridgehead atoms. The van der Waals surface area contributed by atoms with Gasteiger partial charge in [-0.1, -0.05) is 6.07 Å². The van der Waals surface area contributed by atoms with Gasteiger partial charge >= 0.3 is 12.1 Å². The van der Waals surface area contributed by atoms with E-state index >= 15 is 0 Å². The van der Waals surface area contributed by atoms with Crippen LogP contribution in [0.1, 0.15) is 27.0 Å². The second-order valence-electron chi connectivity index (χ2n) is 8.03. The van der Waals surface area contributed by atoms with E-state index in [4.69, 9.17) is 9.15 Å². The minimum absolute atomic E-state index is 0.145. The third-order valence-corrected chi connectivity index (χ3v) is 6.41. The maximum atomic E-state index is 14.4. The van der Waals surface area contributed by atoms with Crippen LogP contribution in [0.15, 0.2) is 63.1 Å². The first-order valence-electron chi connectivity index (χ1n) is 10.9. The molecule has 4 aromatic rings. The number of nitriles is 1. The van der Waals surface area contributed by atoms with E-state index in [9.17, 15) is 36.8 Å². The number of esters is 1. The summed E-state index contributed by atoms with van der Waals surface area (Å²) in [4.78, 5) is 29.5. The highest BCUT2D eigenvalue weighted by molar-refractivity contribution is 7.98. The number of hydrogen-bond donors (Lipinski definition) is 0. The fourth-order valence-corrected chi connectivity index (χ4v) is 4.33. The van der Waals surface area contributed by atoms with Crippen molar-refractivity contribution in [3.8, 4) is 28.7 Å². The second kappa shape index (κ2) is 10.7. The molecule has 3 aromatic heterocycles. The van der Waals surface area contributed by atoms with Crippen molar-refractivity contribution < 1.29 is 35.9 Å². The van der Waals surface area contributed by atoms with Crippen LogP contribution in [0.25, 0.3) is 22.6 Å². The SMILES string of the molecule is COC(=O)c1cc(-c2coc(-c3cc(C(F)(F)F)c(C#N)c(=O)n3Cc3ccc(F)cc3F)c2)cnc1SC. The standard InChI is InChI=1S/C26H16F5N3O4S/c1-37-25(36)17-5-14(10-33-23(17)39-2)15-6-22(38-12-15)21-8-19(26(29,30)31)18(9-32)24(35)34(21)11-13-3-4-16(27)7-20(13)28/h3-8,10,12H,11H2,1-2H3. The summed E-state index contributed by atoms with van der Waals surface area (Å²) < 4.78 is 80.2. The molecule has 0 radical (unpaired) electrons. The number of thioether (sulfide) groups is 1. The second-order valence-corrected chi connectivity index (χ2v) is 8.82. The van der Waals surface area contributed by atoms with Crippen LogP contribution in [-0.4, -0.2) is 28.9 Å². The molecule has 0 N–H and O–H groups in total. The summed E-state index contributed by atoms with van der Waals surface area (Å²) in [6.07, 6.45) is -0.781. The zero-order chi connectivity index (χ0) is 28.5. The van der Waals surface area contributed by atoms with Gasteiger partial charge < -0.3 is 9.15 Å². The van der Waals surface area contributed by atoms with Gasteiger partial charge in [-0.2, -0.15) is 18.4 Å². The Morgan fingerprint density at radius 1 is 1.18 bits per heavy atom. The normalized spacial score (nSPS) is 11.3. The third kappa shape index (κ3) is 5.42. The molecule has 13 heteroatoms. The van der Waals surface area contributed by atoms with Gasteiger partial charge in [-0.25, -0.2) is 18.6 Å². The average Bonchev–Trinajstić information content (AvgIpc) is 3.39. The van der Waals surface area contributed by atoms with E-state index in [0.717, 1.165) is 16.7 Å². The van der Waals surface area contributed by atoms with Crippen molar-refractivity contribution in [3.63, 3.8) is 0 Å². The van der Waals surface area contributed by atoms with Crippen LogP contribution in [0.3, 0.4) is 0 Å². The fraction of sp³-hybridized carbons (Fsp3) is 0.154. The monoisotopic (exact) mass is 561 g/mol. The third-order valence-electron chi connectivity index (χ3n) is 5.70. The molecular formula is C26H16F5N3O4S. The highest BCUT2D eigenvalue weighted by Gasteiger charge is 2.37. The quantitative estimate of drug-likeness (QED) is 0.164. The lowest BCUT2D eigenvalue weighted by Gasteiger charge is -2.16. The number of halogens is 5. The predicted octanol–water partition coefficient (Wildman–Crippen LogP) is 5.90. The van der Waals surface area contributed by atoms with Gasteiger partial charge in [0.1, 0.15) is 28.3 Å². The summed E-state index contributed by atoms with van der Waals surface area (Å²) in [6, 6.07) is 7.10. The van der Waals surface area contributed by atoms with Gasteiger partial charge in [0, 0.05) is 29.0 Å². The van der Waals surface area contributed by atoms with E-state index < -0.39 is 52.7 Å². The number of benzene rings is 1. The highest BCUT2D eigenvalue weighted by Crippen LogP contribution is 2.36.